The van der Waals surface area contributed by atoms with Gasteiger partial charge in [0, 0.05) is 6.42 Å². The first-order valence-electron chi connectivity index (χ1n) is 3.77. The quantitative estimate of drug-likeness (QED) is 0.541. The van der Waals surface area contributed by atoms with Gasteiger partial charge in [-0.05, 0) is 18.9 Å². The highest BCUT2D eigenvalue weighted by Crippen LogP contribution is 2.28. The molecule has 0 spiro atoms. The Hall–Kier alpha value is -0.370. The molecule has 1 aliphatic heterocycles. The Bertz CT molecular complexity index is 125. The summed E-state index contributed by atoms with van der Waals surface area (Å²) in [6, 6.07) is 0. The van der Waals surface area contributed by atoms with E-state index in [-0.39, 0.29) is 0 Å². The van der Waals surface area contributed by atoms with Crippen LogP contribution in [-0.2, 0) is 4.74 Å². The molecule has 1 unspecified atom stereocenters. The van der Waals surface area contributed by atoms with Crippen LogP contribution in [-0.4, -0.2) is 12.5 Å². The zero-order valence-electron chi connectivity index (χ0n) is 6.27. The van der Waals surface area contributed by atoms with Gasteiger partial charge in [0.2, 0.25) is 5.85 Å². The highest BCUT2D eigenvalue weighted by atomic mass is 19.2. The van der Waals surface area contributed by atoms with E-state index in [1.54, 1.807) is 0 Å². The van der Waals surface area contributed by atoms with Crippen LogP contribution in [0.2, 0.25) is 0 Å². The van der Waals surface area contributed by atoms with E-state index < -0.39 is 5.85 Å². The van der Waals surface area contributed by atoms with Gasteiger partial charge in [0.25, 0.3) is 0 Å². The Morgan fingerprint density at radius 2 is 2.50 bits per heavy atom. The van der Waals surface area contributed by atoms with Crippen molar-refractivity contribution in [3.05, 3.63) is 12.2 Å². The maximum Gasteiger partial charge on any atom is 0.228 e. The van der Waals surface area contributed by atoms with E-state index in [0.29, 0.717) is 13.0 Å². The predicted molar refractivity (Wildman–Crippen MR) is 38.5 cm³/mol. The van der Waals surface area contributed by atoms with Crippen LogP contribution in [0.15, 0.2) is 12.2 Å². The van der Waals surface area contributed by atoms with Crippen molar-refractivity contribution in [2.45, 2.75) is 32.0 Å². The van der Waals surface area contributed by atoms with Gasteiger partial charge in [-0.15, -0.1) is 0 Å². The van der Waals surface area contributed by atoms with Gasteiger partial charge < -0.3 is 4.74 Å². The molecule has 1 aliphatic rings. The van der Waals surface area contributed by atoms with Gasteiger partial charge in [0.05, 0.1) is 6.61 Å². The Morgan fingerprint density at radius 3 is 3.00 bits per heavy atom. The molecule has 1 heterocycles. The first kappa shape index (κ1) is 7.73. The Kier molecular flexibility index (Phi) is 2.44. The van der Waals surface area contributed by atoms with Gasteiger partial charge >= 0.3 is 0 Å². The molecule has 58 valence electrons. The molecular formula is C8H13FO. The van der Waals surface area contributed by atoms with Gasteiger partial charge in [-0.2, -0.15) is 0 Å². The lowest BCUT2D eigenvalue weighted by Gasteiger charge is -2.12. The summed E-state index contributed by atoms with van der Waals surface area (Å²) >= 11 is 0. The molecule has 0 radical (unpaired) electrons. The van der Waals surface area contributed by atoms with Crippen LogP contribution in [0, 0.1) is 0 Å². The smallest absolute Gasteiger partial charge is 0.228 e. The third kappa shape index (κ3) is 1.81. The number of alkyl halides is 1. The molecule has 0 aromatic heterocycles. The van der Waals surface area contributed by atoms with Crippen molar-refractivity contribution in [2.24, 2.45) is 0 Å². The summed E-state index contributed by atoms with van der Waals surface area (Å²) < 4.78 is 18.1. The summed E-state index contributed by atoms with van der Waals surface area (Å²) in [4.78, 5) is 0. The molecular weight excluding hydrogens is 131 g/mol. The number of hydrogen-bond acceptors (Lipinski definition) is 1. The minimum absolute atomic E-state index is 0.517. The fraction of sp³-hybridized carbons (Fsp3) is 0.750. The van der Waals surface area contributed by atoms with Crippen LogP contribution in [0.4, 0.5) is 4.39 Å². The number of rotatable bonds is 2. The second-order valence-electron chi connectivity index (χ2n) is 2.55. The van der Waals surface area contributed by atoms with Gasteiger partial charge in [-0.25, -0.2) is 4.39 Å². The summed E-state index contributed by atoms with van der Waals surface area (Å²) in [6.07, 6.45) is 5.56. The van der Waals surface area contributed by atoms with Crippen molar-refractivity contribution in [3.8, 4) is 0 Å². The molecule has 0 aromatic carbocycles. The summed E-state index contributed by atoms with van der Waals surface area (Å²) in [5.74, 6) is -1.43. The molecule has 0 amide bonds. The van der Waals surface area contributed by atoms with Gasteiger partial charge in [0.15, 0.2) is 0 Å². The van der Waals surface area contributed by atoms with Crippen LogP contribution in [0.25, 0.3) is 0 Å². The van der Waals surface area contributed by atoms with E-state index in [1.165, 1.54) is 6.08 Å². The van der Waals surface area contributed by atoms with E-state index in [1.807, 2.05) is 13.0 Å². The number of ether oxygens (including phenoxy) is 1. The SMILES string of the molecule is CCC=CC1(F)CCCO1. The zero-order valence-corrected chi connectivity index (χ0v) is 6.27. The molecule has 1 rings (SSSR count). The minimum atomic E-state index is -1.43. The fourth-order valence-corrected chi connectivity index (χ4v) is 1.05. The first-order chi connectivity index (χ1) is 4.77. The number of halogens is 1. The summed E-state index contributed by atoms with van der Waals surface area (Å²) in [7, 11) is 0. The lowest BCUT2D eigenvalue weighted by molar-refractivity contribution is -0.0632. The van der Waals surface area contributed by atoms with Gasteiger partial charge in [0.1, 0.15) is 0 Å². The topological polar surface area (TPSA) is 9.23 Å². The van der Waals surface area contributed by atoms with Crippen LogP contribution < -0.4 is 0 Å². The molecule has 2 heteroatoms. The lowest BCUT2D eigenvalue weighted by atomic mass is 10.2. The highest BCUT2D eigenvalue weighted by molar-refractivity contribution is 4.96. The zero-order chi connectivity index (χ0) is 7.45. The lowest BCUT2D eigenvalue weighted by Crippen LogP contribution is -2.16. The van der Waals surface area contributed by atoms with E-state index in [4.69, 9.17) is 4.74 Å². The minimum Gasteiger partial charge on any atom is -0.343 e. The molecule has 1 atom stereocenters. The van der Waals surface area contributed by atoms with E-state index >= 15 is 0 Å². The van der Waals surface area contributed by atoms with E-state index in [0.717, 1.165) is 12.8 Å². The second-order valence-corrected chi connectivity index (χ2v) is 2.55. The molecule has 1 saturated heterocycles. The van der Waals surface area contributed by atoms with Crippen molar-refractivity contribution < 1.29 is 9.13 Å². The summed E-state index contributed by atoms with van der Waals surface area (Å²) in [5.41, 5.74) is 0. The van der Waals surface area contributed by atoms with Crippen molar-refractivity contribution in [2.75, 3.05) is 6.61 Å². The Balaban J connectivity index is 2.43. The molecule has 0 bridgehead atoms. The maximum absolute atomic E-state index is 13.2. The fourth-order valence-electron chi connectivity index (χ4n) is 1.05. The van der Waals surface area contributed by atoms with Crippen LogP contribution >= 0.6 is 0 Å². The van der Waals surface area contributed by atoms with Crippen molar-refractivity contribution in [1.82, 2.24) is 0 Å². The van der Waals surface area contributed by atoms with Crippen LogP contribution in [0.1, 0.15) is 26.2 Å². The molecule has 0 aromatic rings. The monoisotopic (exact) mass is 144 g/mol. The average Bonchev–Trinajstić information content (AvgIpc) is 2.33. The number of hydrogen-bond donors (Lipinski definition) is 0. The van der Waals surface area contributed by atoms with Gasteiger partial charge in [-0.1, -0.05) is 13.0 Å². The predicted octanol–water partition coefficient (Wildman–Crippen LogP) is 2.43. The second kappa shape index (κ2) is 3.15. The molecule has 10 heavy (non-hydrogen) atoms. The maximum atomic E-state index is 13.2. The third-order valence-corrected chi connectivity index (χ3v) is 1.61. The molecule has 1 nitrogen and oxygen atoms in total. The van der Waals surface area contributed by atoms with Gasteiger partial charge in [-0.3, -0.25) is 0 Å². The van der Waals surface area contributed by atoms with E-state index in [2.05, 4.69) is 0 Å². The molecule has 0 N–H and O–H groups in total. The average molecular weight is 144 g/mol. The summed E-state index contributed by atoms with van der Waals surface area (Å²) in [6.45, 7) is 2.54. The van der Waals surface area contributed by atoms with Crippen molar-refractivity contribution >= 4 is 0 Å². The largest absolute Gasteiger partial charge is 0.343 e. The normalized spacial score (nSPS) is 33.8. The highest BCUT2D eigenvalue weighted by Gasteiger charge is 2.31. The van der Waals surface area contributed by atoms with Crippen molar-refractivity contribution in [1.29, 1.82) is 0 Å². The van der Waals surface area contributed by atoms with Crippen LogP contribution in [0.3, 0.4) is 0 Å². The molecule has 1 fully saturated rings. The standard InChI is InChI=1S/C8H13FO/c1-2-3-5-8(9)6-4-7-10-8/h3,5H,2,4,6-7H2,1H3. The Labute approximate surface area is 60.9 Å². The molecule has 0 aliphatic carbocycles. The van der Waals surface area contributed by atoms with Crippen LogP contribution in [0.5, 0.6) is 0 Å². The van der Waals surface area contributed by atoms with E-state index in [9.17, 15) is 4.39 Å². The summed E-state index contributed by atoms with van der Waals surface area (Å²) in [5, 5.41) is 0. The van der Waals surface area contributed by atoms with Crippen molar-refractivity contribution in [3.63, 3.8) is 0 Å². The number of allylic oxidation sites excluding steroid dienone is 1. The first-order valence-corrected chi connectivity index (χ1v) is 3.77. The third-order valence-electron chi connectivity index (χ3n) is 1.61. The molecule has 0 saturated carbocycles. The Morgan fingerprint density at radius 1 is 1.70 bits per heavy atom.